The first-order valence-electron chi connectivity index (χ1n) is 12.3. The Kier molecular flexibility index (Phi) is 10.0. The summed E-state index contributed by atoms with van der Waals surface area (Å²) in [7, 11) is 0. The monoisotopic (exact) mass is 576 g/mol. The molecule has 40 heavy (non-hydrogen) atoms. The summed E-state index contributed by atoms with van der Waals surface area (Å²) < 4.78 is 55.8. The fraction of sp³-hybridized carbons (Fsp3) is 0.750. The van der Waals surface area contributed by atoms with Gasteiger partial charge < -0.3 is 47.4 Å². The van der Waals surface area contributed by atoms with Crippen LogP contribution < -0.4 is 0 Å². The second-order valence-electron chi connectivity index (χ2n) is 9.26. The third-order valence-electron chi connectivity index (χ3n) is 5.93. The van der Waals surface area contributed by atoms with Gasteiger partial charge in [-0.1, -0.05) is 0 Å². The molecule has 0 aliphatic carbocycles. The van der Waals surface area contributed by atoms with E-state index in [4.69, 9.17) is 47.4 Å². The fourth-order valence-electron chi connectivity index (χ4n) is 4.63. The third kappa shape index (κ3) is 7.44. The largest absolute Gasteiger partial charge is 0.463 e. The van der Waals surface area contributed by atoms with Gasteiger partial charge in [0.25, 0.3) is 0 Å². The molecule has 1 spiro atoms. The van der Waals surface area contributed by atoms with Gasteiger partial charge in [-0.15, -0.1) is 0 Å². The van der Waals surface area contributed by atoms with Gasteiger partial charge in [0.05, 0.1) is 0 Å². The maximum absolute atomic E-state index is 12.1. The number of carbonyl (C=O) groups excluding carboxylic acids is 6. The van der Waals surface area contributed by atoms with Crippen LogP contribution in [0.25, 0.3) is 0 Å². The molecule has 0 unspecified atom stereocenters. The molecule has 0 aromatic heterocycles. The Balaban J connectivity index is 2.00. The van der Waals surface area contributed by atoms with E-state index >= 15 is 0 Å². The molecule has 3 aliphatic heterocycles. The molecular weight excluding hydrogens is 544 g/mol. The lowest BCUT2D eigenvalue weighted by Crippen LogP contribution is -2.69. The maximum atomic E-state index is 12.1. The highest BCUT2D eigenvalue weighted by atomic mass is 16.8. The van der Waals surface area contributed by atoms with E-state index in [-0.39, 0.29) is 6.61 Å². The molecule has 0 saturated carbocycles. The van der Waals surface area contributed by atoms with E-state index in [2.05, 4.69) is 0 Å². The predicted octanol–water partition coefficient (Wildman–Crippen LogP) is -0.925. The standard InChI is InChI=1S/C24H32O16/c1-10(25)31-7-16-18(34-12(3)27)20(36-14(5)29)21-23(38-16)33-9-24(40-21)22(37-15(6)30)19(35-13(4)28)17(39-24)8-32-11(2)26/h16-23H,7-9H2,1-6H3/t16-,17-,18-,19-,20+,21+,22+,23+,24+/m1/s1. The van der Waals surface area contributed by atoms with Gasteiger partial charge >= 0.3 is 35.8 Å². The van der Waals surface area contributed by atoms with Gasteiger partial charge in [-0.05, 0) is 0 Å². The van der Waals surface area contributed by atoms with Crippen LogP contribution in [0.1, 0.15) is 41.5 Å². The summed E-state index contributed by atoms with van der Waals surface area (Å²) in [6.07, 6.45) is -10.4. The molecule has 0 N–H and O–H groups in total. The SMILES string of the molecule is CC(=O)OC[C@H]1O[C@]2(CO[C@H]3O[C@H](COC(C)=O)[C@@H](OC(C)=O)[C@H](OC(C)=O)[C@@H]3O2)[C@@H](OC(C)=O)[C@@H]1OC(C)=O. The Morgan fingerprint density at radius 1 is 0.625 bits per heavy atom. The summed E-state index contributed by atoms with van der Waals surface area (Å²) in [4.78, 5) is 71.0. The third-order valence-corrected chi connectivity index (χ3v) is 5.93. The van der Waals surface area contributed by atoms with Crippen molar-refractivity contribution in [3.8, 4) is 0 Å². The fourth-order valence-corrected chi connectivity index (χ4v) is 4.63. The minimum atomic E-state index is -1.98. The Morgan fingerprint density at radius 3 is 1.65 bits per heavy atom. The summed E-state index contributed by atoms with van der Waals surface area (Å²) in [6, 6.07) is 0. The first-order valence-corrected chi connectivity index (χ1v) is 12.3. The van der Waals surface area contributed by atoms with E-state index in [1.54, 1.807) is 0 Å². The smallest absolute Gasteiger partial charge is 0.303 e. The zero-order chi connectivity index (χ0) is 29.8. The lowest BCUT2D eigenvalue weighted by Gasteiger charge is -2.50. The highest BCUT2D eigenvalue weighted by Gasteiger charge is 2.67. The van der Waals surface area contributed by atoms with Crippen LogP contribution >= 0.6 is 0 Å². The van der Waals surface area contributed by atoms with Gasteiger partial charge in [-0.25, -0.2) is 0 Å². The van der Waals surface area contributed by atoms with Gasteiger partial charge in [0, 0.05) is 41.5 Å². The molecule has 3 heterocycles. The van der Waals surface area contributed by atoms with Crippen LogP contribution in [0.2, 0.25) is 0 Å². The summed E-state index contributed by atoms with van der Waals surface area (Å²) in [6.45, 7) is 5.50. The van der Waals surface area contributed by atoms with Crippen LogP contribution in [-0.4, -0.2) is 110 Å². The molecule has 0 aromatic carbocycles. The van der Waals surface area contributed by atoms with Crippen molar-refractivity contribution >= 4 is 35.8 Å². The topological polar surface area (TPSA) is 195 Å². The van der Waals surface area contributed by atoms with E-state index in [9.17, 15) is 28.8 Å². The minimum absolute atomic E-state index is 0.381. The number of fused-ring (bicyclic) bond motifs is 1. The van der Waals surface area contributed by atoms with Crippen LogP contribution in [0.4, 0.5) is 0 Å². The molecular formula is C24H32O16. The second-order valence-corrected chi connectivity index (χ2v) is 9.26. The highest BCUT2D eigenvalue weighted by Crippen LogP contribution is 2.44. The number of hydrogen-bond donors (Lipinski definition) is 0. The van der Waals surface area contributed by atoms with Crippen molar-refractivity contribution in [1.82, 2.24) is 0 Å². The number of rotatable bonds is 8. The maximum Gasteiger partial charge on any atom is 0.303 e. The highest BCUT2D eigenvalue weighted by molar-refractivity contribution is 5.69. The van der Waals surface area contributed by atoms with Crippen molar-refractivity contribution in [2.24, 2.45) is 0 Å². The van der Waals surface area contributed by atoms with Gasteiger partial charge in [0.2, 0.25) is 5.79 Å². The average Bonchev–Trinajstić information content (AvgIpc) is 3.08. The molecule has 0 aromatic rings. The molecule has 16 heteroatoms. The normalized spacial score (nSPS) is 34.6. The predicted molar refractivity (Wildman–Crippen MR) is 123 cm³/mol. The average molecular weight is 577 g/mol. The van der Waals surface area contributed by atoms with Crippen molar-refractivity contribution < 1.29 is 76.1 Å². The van der Waals surface area contributed by atoms with Crippen molar-refractivity contribution in [2.75, 3.05) is 19.8 Å². The molecule has 16 nitrogen and oxygen atoms in total. The van der Waals surface area contributed by atoms with Crippen LogP contribution in [0.15, 0.2) is 0 Å². The first-order chi connectivity index (χ1) is 18.7. The summed E-state index contributed by atoms with van der Waals surface area (Å²) >= 11 is 0. The molecule has 3 saturated heterocycles. The van der Waals surface area contributed by atoms with E-state index in [0.717, 1.165) is 34.6 Å². The van der Waals surface area contributed by atoms with Crippen LogP contribution in [-0.2, 0) is 76.1 Å². The van der Waals surface area contributed by atoms with Crippen LogP contribution in [0.5, 0.6) is 0 Å². The number of ether oxygens (including phenoxy) is 10. The number of hydrogen-bond acceptors (Lipinski definition) is 16. The minimum Gasteiger partial charge on any atom is -0.463 e. The Morgan fingerprint density at radius 2 is 1.12 bits per heavy atom. The van der Waals surface area contributed by atoms with Crippen molar-refractivity contribution in [3.63, 3.8) is 0 Å². The van der Waals surface area contributed by atoms with Gasteiger partial charge in [0.1, 0.15) is 32.0 Å². The van der Waals surface area contributed by atoms with Gasteiger partial charge in [-0.2, -0.15) is 0 Å². The molecule has 224 valence electrons. The molecule has 3 aliphatic rings. The molecule has 3 rings (SSSR count). The molecule has 3 fully saturated rings. The molecule has 0 bridgehead atoms. The van der Waals surface area contributed by atoms with Crippen molar-refractivity contribution in [1.29, 1.82) is 0 Å². The lowest BCUT2D eigenvalue weighted by atomic mass is 9.96. The Labute approximate surface area is 228 Å². The molecule has 0 radical (unpaired) electrons. The van der Waals surface area contributed by atoms with Crippen LogP contribution in [0, 0.1) is 0 Å². The van der Waals surface area contributed by atoms with Crippen molar-refractivity contribution in [3.05, 3.63) is 0 Å². The zero-order valence-corrected chi connectivity index (χ0v) is 22.8. The van der Waals surface area contributed by atoms with Crippen LogP contribution in [0.3, 0.4) is 0 Å². The first kappa shape index (κ1) is 31.2. The van der Waals surface area contributed by atoms with E-state index in [1.165, 1.54) is 6.92 Å². The molecule has 0 amide bonds. The lowest BCUT2D eigenvalue weighted by molar-refractivity contribution is -0.419. The van der Waals surface area contributed by atoms with Gasteiger partial charge in [0.15, 0.2) is 36.8 Å². The Hall–Kier alpha value is -3.34. The Bertz CT molecular complexity index is 1010. The number of esters is 6. The molecule has 9 atom stereocenters. The zero-order valence-electron chi connectivity index (χ0n) is 22.8. The summed E-state index contributed by atoms with van der Waals surface area (Å²) in [5.74, 6) is -6.39. The van der Waals surface area contributed by atoms with Gasteiger partial charge in [-0.3, -0.25) is 28.8 Å². The second kappa shape index (κ2) is 12.9. The number of carbonyl (C=O) groups is 6. The van der Waals surface area contributed by atoms with E-state index < -0.39 is 104 Å². The summed E-state index contributed by atoms with van der Waals surface area (Å²) in [5, 5.41) is 0. The van der Waals surface area contributed by atoms with E-state index in [1.807, 2.05) is 0 Å². The summed E-state index contributed by atoms with van der Waals surface area (Å²) in [5.41, 5.74) is 0. The quantitative estimate of drug-likeness (QED) is 0.254. The van der Waals surface area contributed by atoms with E-state index in [0.29, 0.717) is 0 Å². The van der Waals surface area contributed by atoms with Crippen molar-refractivity contribution in [2.45, 2.75) is 96.3 Å².